The maximum absolute atomic E-state index is 6.22. The Hall–Kier alpha value is -0.420. The highest BCUT2D eigenvalue weighted by molar-refractivity contribution is 9.10. The van der Waals surface area contributed by atoms with E-state index in [0.717, 1.165) is 37.0 Å². The lowest BCUT2D eigenvalue weighted by atomic mass is 10.0. The van der Waals surface area contributed by atoms with Crippen molar-refractivity contribution in [3.8, 4) is 0 Å². The summed E-state index contributed by atoms with van der Waals surface area (Å²) in [5, 5.41) is 0. The third-order valence-electron chi connectivity index (χ3n) is 3.01. The lowest BCUT2D eigenvalue weighted by molar-refractivity contribution is 0.178. The third-order valence-corrected chi connectivity index (χ3v) is 3.74. The Morgan fingerprint density at radius 2 is 2.06 bits per heavy atom. The molecular weight excluding hydrogens is 292 g/mol. The Morgan fingerprint density at radius 1 is 1.33 bits per heavy atom. The molecule has 0 amide bonds. The van der Waals surface area contributed by atoms with E-state index in [1.165, 1.54) is 5.56 Å². The van der Waals surface area contributed by atoms with Crippen LogP contribution in [0.2, 0.25) is 0 Å². The molecule has 0 aliphatic rings. The van der Waals surface area contributed by atoms with Gasteiger partial charge in [0.15, 0.2) is 0 Å². The number of rotatable bonds is 8. The average Bonchev–Trinajstić information content (AvgIpc) is 2.37. The minimum Gasteiger partial charge on any atom is -0.385 e. The van der Waals surface area contributed by atoms with Crippen molar-refractivity contribution < 1.29 is 4.74 Å². The molecule has 1 rings (SSSR count). The topological polar surface area (TPSA) is 38.5 Å². The van der Waals surface area contributed by atoms with Crippen LogP contribution in [-0.2, 0) is 4.74 Å². The first-order chi connectivity index (χ1) is 8.65. The number of halogens is 1. The molecule has 0 radical (unpaired) electrons. The van der Waals surface area contributed by atoms with Gasteiger partial charge in [-0.25, -0.2) is 0 Å². The summed E-state index contributed by atoms with van der Waals surface area (Å²) in [6.07, 6.45) is 2.03. The number of benzene rings is 1. The van der Waals surface area contributed by atoms with Gasteiger partial charge in [0.2, 0.25) is 0 Å². The lowest BCUT2D eigenvalue weighted by Crippen LogP contribution is -2.25. The minimum absolute atomic E-state index is 0.0884. The summed E-state index contributed by atoms with van der Waals surface area (Å²) in [5.74, 6) is 0. The summed E-state index contributed by atoms with van der Waals surface area (Å²) < 4.78 is 6.14. The monoisotopic (exact) mass is 314 g/mol. The largest absolute Gasteiger partial charge is 0.385 e. The van der Waals surface area contributed by atoms with Crippen LogP contribution in [0.4, 0.5) is 0 Å². The van der Waals surface area contributed by atoms with E-state index in [0.29, 0.717) is 0 Å². The molecule has 1 aromatic carbocycles. The van der Waals surface area contributed by atoms with Gasteiger partial charge in [-0.15, -0.1) is 0 Å². The van der Waals surface area contributed by atoms with Crippen LogP contribution in [0.25, 0.3) is 0 Å². The van der Waals surface area contributed by atoms with Crippen molar-refractivity contribution in [3.05, 3.63) is 34.3 Å². The van der Waals surface area contributed by atoms with Crippen LogP contribution in [0, 0.1) is 0 Å². The quantitative estimate of drug-likeness (QED) is 0.750. The molecule has 1 unspecified atom stereocenters. The molecule has 0 aliphatic carbocycles. The van der Waals surface area contributed by atoms with Gasteiger partial charge >= 0.3 is 0 Å². The Balaban J connectivity index is 2.32. The van der Waals surface area contributed by atoms with Gasteiger partial charge < -0.3 is 15.4 Å². The highest BCUT2D eigenvalue weighted by Gasteiger charge is 2.10. The van der Waals surface area contributed by atoms with Crippen LogP contribution in [0.5, 0.6) is 0 Å². The maximum Gasteiger partial charge on any atom is 0.0474 e. The SMILES string of the molecule is COCCCN(C)CCC(N)c1ccccc1Br. The summed E-state index contributed by atoms with van der Waals surface area (Å²) in [4.78, 5) is 2.30. The van der Waals surface area contributed by atoms with Gasteiger partial charge in [-0.1, -0.05) is 34.1 Å². The van der Waals surface area contributed by atoms with E-state index in [2.05, 4.69) is 33.9 Å². The molecule has 0 bridgehead atoms. The molecule has 1 aromatic rings. The molecule has 2 N–H and O–H groups in total. The van der Waals surface area contributed by atoms with Crippen LogP contribution in [0.15, 0.2) is 28.7 Å². The number of methoxy groups -OCH3 is 1. The van der Waals surface area contributed by atoms with Gasteiger partial charge in [-0.05, 0) is 38.1 Å². The van der Waals surface area contributed by atoms with Crippen LogP contribution in [0.1, 0.15) is 24.4 Å². The molecule has 3 nitrogen and oxygen atoms in total. The summed E-state index contributed by atoms with van der Waals surface area (Å²) in [6, 6.07) is 8.25. The van der Waals surface area contributed by atoms with E-state index in [9.17, 15) is 0 Å². The molecule has 0 saturated carbocycles. The van der Waals surface area contributed by atoms with Crippen molar-refractivity contribution in [1.29, 1.82) is 0 Å². The highest BCUT2D eigenvalue weighted by Crippen LogP contribution is 2.23. The highest BCUT2D eigenvalue weighted by atomic mass is 79.9. The first-order valence-corrected chi connectivity index (χ1v) is 7.12. The lowest BCUT2D eigenvalue weighted by Gasteiger charge is -2.20. The van der Waals surface area contributed by atoms with Crippen molar-refractivity contribution in [3.63, 3.8) is 0 Å². The predicted molar refractivity (Wildman–Crippen MR) is 79.7 cm³/mol. The maximum atomic E-state index is 6.22. The van der Waals surface area contributed by atoms with E-state index in [1.807, 2.05) is 18.2 Å². The molecule has 4 heteroatoms. The number of hydrogen-bond acceptors (Lipinski definition) is 3. The molecule has 0 spiro atoms. The zero-order chi connectivity index (χ0) is 13.4. The summed E-state index contributed by atoms with van der Waals surface area (Å²) in [5.41, 5.74) is 7.40. The molecule has 1 atom stereocenters. The second-order valence-electron chi connectivity index (χ2n) is 4.57. The van der Waals surface area contributed by atoms with Gasteiger partial charge in [0.25, 0.3) is 0 Å². The van der Waals surface area contributed by atoms with Crippen LogP contribution in [0.3, 0.4) is 0 Å². The summed E-state index contributed by atoms with van der Waals surface area (Å²) >= 11 is 3.55. The van der Waals surface area contributed by atoms with Crippen molar-refractivity contribution in [2.45, 2.75) is 18.9 Å². The number of ether oxygens (including phenoxy) is 1. The molecule has 0 saturated heterocycles. The fourth-order valence-corrected chi connectivity index (χ4v) is 2.46. The fourth-order valence-electron chi connectivity index (χ4n) is 1.88. The average molecular weight is 315 g/mol. The van der Waals surface area contributed by atoms with Crippen molar-refractivity contribution in [2.24, 2.45) is 5.73 Å². The van der Waals surface area contributed by atoms with Crippen LogP contribution >= 0.6 is 15.9 Å². The Morgan fingerprint density at radius 3 is 2.72 bits per heavy atom. The Bertz CT molecular complexity index is 346. The van der Waals surface area contributed by atoms with E-state index < -0.39 is 0 Å². The summed E-state index contributed by atoms with van der Waals surface area (Å²) in [6.45, 7) is 2.88. The van der Waals surface area contributed by atoms with Crippen molar-refractivity contribution in [2.75, 3.05) is 33.9 Å². The number of nitrogens with zero attached hydrogens (tertiary/aromatic N) is 1. The molecule has 0 heterocycles. The first-order valence-electron chi connectivity index (χ1n) is 6.32. The third kappa shape index (κ3) is 5.48. The molecule has 0 aromatic heterocycles. The van der Waals surface area contributed by atoms with Gasteiger partial charge in [-0.3, -0.25) is 0 Å². The van der Waals surface area contributed by atoms with Gasteiger partial charge in [0.05, 0.1) is 0 Å². The normalized spacial score (nSPS) is 12.9. The smallest absolute Gasteiger partial charge is 0.0474 e. The van der Waals surface area contributed by atoms with Gasteiger partial charge in [-0.2, -0.15) is 0 Å². The first kappa shape index (κ1) is 15.6. The molecule has 18 heavy (non-hydrogen) atoms. The molecular formula is C14H23BrN2O. The van der Waals surface area contributed by atoms with Crippen LogP contribution in [-0.4, -0.2) is 38.8 Å². The van der Waals surface area contributed by atoms with E-state index >= 15 is 0 Å². The second kappa shape index (κ2) is 8.64. The van der Waals surface area contributed by atoms with E-state index in [1.54, 1.807) is 7.11 Å². The zero-order valence-corrected chi connectivity index (χ0v) is 12.8. The zero-order valence-electron chi connectivity index (χ0n) is 11.2. The molecule has 0 fully saturated rings. The van der Waals surface area contributed by atoms with Gasteiger partial charge in [0, 0.05) is 30.8 Å². The molecule has 102 valence electrons. The van der Waals surface area contributed by atoms with Crippen molar-refractivity contribution >= 4 is 15.9 Å². The Kier molecular flexibility index (Phi) is 7.51. The minimum atomic E-state index is 0.0884. The van der Waals surface area contributed by atoms with E-state index in [4.69, 9.17) is 10.5 Å². The van der Waals surface area contributed by atoms with Crippen molar-refractivity contribution in [1.82, 2.24) is 4.90 Å². The van der Waals surface area contributed by atoms with Crippen LogP contribution < -0.4 is 5.73 Å². The van der Waals surface area contributed by atoms with E-state index in [-0.39, 0.29) is 6.04 Å². The predicted octanol–water partition coefficient (Wildman–Crippen LogP) is 2.81. The van der Waals surface area contributed by atoms with Gasteiger partial charge in [0.1, 0.15) is 0 Å². The number of nitrogens with two attached hydrogens (primary N) is 1. The second-order valence-corrected chi connectivity index (χ2v) is 5.42. The number of hydrogen-bond donors (Lipinski definition) is 1. The standard InChI is InChI=1S/C14H23BrN2O/c1-17(9-5-11-18-2)10-8-14(16)12-6-3-4-7-13(12)15/h3-4,6-7,14H,5,8-11,16H2,1-2H3. The Labute approximate surface area is 118 Å². The fraction of sp³-hybridized carbons (Fsp3) is 0.571. The molecule has 0 aliphatic heterocycles. The summed E-state index contributed by atoms with van der Waals surface area (Å²) in [7, 11) is 3.87.